The molecule has 1 aliphatic rings. The van der Waals surface area contributed by atoms with Crippen molar-refractivity contribution in [3.8, 4) is 21.1 Å². The largest absolute Gasteiger partial charge is 0.333 e. The van der Waals surface area contributed by atoms with Crippen molar-refractivity contribution >= 4 is 17.2 Å². The van der Waals surface area contributed by atoms with Crippen molar-refractivity contribution in [3.05, 3.63) is 82.7 Å². The number of carbonyl (C=O) groups excluding carboxylic acids is 1. The van der Waals surface area contributed by atoms with Crippen LogP contribution in [0.15, 0.2) is 54.6 Å². The van der Waals surface area contributed by atoms with Crippen LogP contribution in [-0.2, 0) is 13.0 Å². The Morgan fingerprint density at radius 2 is 1.90 bits per heavy atom. The first-order valence-electron chi connectivity index (χ1n) is 10.0. The van der Waals surface area contributed by atoms with Crippen molar-refractivity contribution in [3.63, 3.8) is 0 Å². The first-order chi connectivity index (χ1) is 14.6. The van der Waals surface area contributed by atoms with Crippen LogP contribution in [-0.4, -0.2) is 32.5 Å². The smallest absolute Gasteiger partial charge is 0.274 e. The maximum atomic E-state index is 13.0. The number of hydrogen-bond acceptors (Lipinski definition) is 4. The Kier molecular flexibility index (Phi) is 4.71. The summed E-state index contributed by atoms with van der Waals surface area (Å²) in [5.41, 5.74) is 7.09. The monoisotopic (exact) mass is 414 g/mol. The highest BCUT2D eigenvalue weighted by Crippen LogP contribution is 2.35. The van der Waals surface area contributed by atoms with E-state index in [2.05, 4.69) is 53.5 Å². The molecular formula is C24H22N4OS. The highest BCUT2D eigenvalue weighted by Gasteiger charge is 2.24. The zero-order chi connectivity index (χ0) is 20.7. The second-order valence-electron chi connectivity index (χ2n) is 7.72. The van der Waals surface area contributed by atoms with Gasteiger partial charge < -0.3 is 4.90 Å². The highest BCUT2D eigenvalue weighted by molar-refractivity contribution is 7.18. The van der Waals surface area contributed by atoms with E-state index in [0.29, 0.717) is 12.2 Å². The third-order valence-electron chi connectivity index (χ3n) is 5.52. The maximum Gasteiger partial charge on any atom is 0.274 e. The van der Waals surface area contributed by atoms with Gasteiger partial charge in [0.1, 0.15) is 5.01 Å². The summed E-state index contributed by atoms with van der Waals surface area (Å²) in [6.07, 6.45) is 0.882. The number of H-pyrrole nitrogens is 1. The standard InChI is InChI=1S/C24H22N4OS/c1-15-6-5-9-18(12-15)23-25-16(2)22(30-23)20-13-21(27-26-20)24(29)28-11-10-17-7-3-4-8-19(17)14-28/h3-9,12-13H,10-11,14H2,1-2H3,(H,26,27). The number of thiazole rings is 1. The number of rotatable bonds is 3. The van der Waals surface area contributed by atoms with E-state index in [1.165, 1.54) is 16.7 Å². The summed E-state index contributed by atoms with van der Waals surface area (Å²) in [5, 5.41) is 8.35. The fourth-order valence-electron chi connectivity index (χ4n) is 3.93. The van der Waals surface area contributed by atoms with Crippen LogP contribution in [0.1, 0.15) is 32.9 Å². The number of carbonyl (C=O) groups is 1. The van der Waals surface area contributed by atoms with Crippen molar-refractivity contribution in [2.45, 2.75) is 26.8 Å². The van der Waals surface area contributed by atoms with Crippen LogP contribution in [0.5, 0.6) is 0 Å². The van der Waals surface area contributed by atoms with E-state index < -0.39 is 0 Å². The fraction of sp³-hybridized carbons (Fsp3) is 0.208. The Morgan fingerprint density at radius 1 is 1.07 bits per heavy atom. The first kappa shape index (κ1) is 18.8. The molecule has 2 aromatic carbocycles. The minimum absolute atomic E-state index is 0.0342. The molecule has 5 rings (SSSR count). The lowest BCUT2D eigenvalue weighted by atomic mass is 10.00. The Balaban J connectivity index is 1.39. The molecule has 0 spiro atoms. The molecule has 150 valence electrons. The van der Waals surface area contributed by atoms with Gasteiger partial charge in [-0.25, -0.2) is 4.98 Å². The van der Waals surface area contributed by atoms with Crippen LogP contribution >= 0.6 is 11.3 Å². The average Bonchev–Trinajstić information content (AvgIpc) is 3.39. The lowest BCUT2D eigenvalue weighted by Crippen LogP contribution is -2.36. The number of hydrogen-bond donors (Lipinski definition) is 1. The van der Waals surface area contributed by atoms with Gasteiger partial charge in [0.05, 0.1) is 16.3 Å². The van der Waals surface area contributed by atoms with Crippen LogP contribution in [0.4, 0.5) is 0 Å². The number of aryl methyl sites for hydroxylation is 2. The minimum atomic E-state index is -0.0342. The molecule has 6 heteroatoms. The molecule has 0 bridgehead atoms. The van der Waals surface area contributed by atoms with Crippen LogP contribution in [0.3, 0.4) is 0 Å². The highest BCUT2D eigenvalue weighted by atomic mass is 32.1. The Hall–Kier alpha value is -3.25. The lowest BCUT2D eigenvalue weighted by molar-refractivity contribution is 0.0728. The number of nitrogens with zero attached hydrogens (tertiary/aromatic N) is 3. The predicted molar refractivity (Wildman–Crippen MR) is 119 cm³/mol. The summed E-state index contributed by atoms with van der Waals surface area (Å²) in [6, 6.07) is 18.5. The molecule has 0 radical (unpaired) electrons. The van der Waals surface area contributed by atoms with Gasteiger partial charge in [-0.15, -0.1) is 11.3 Å². The van der Waals surface area contributed by atoms with E-state index in [1.807, 2.05) is 30.0 Å². The molecule has 0 atom stereocenters. The number of nitrogens with one attached hydrogen (secondary N) is 1. The average molecular weight is 415 g/mol. The topological polar surface area (TPSA) is 61.9 Å². The molecule has 1 aliphatic heterocycles. The maximum absolute atomic E-state index is 13.0. The van der Waals surface area contributed by atoms with E-state index in [1.54, 1.807) is 11.3 Å². The van der Waals surface area contributed by atoms with Gasteiger partial charge in [0.15, 0.2) is 5.69 Å². The third kappa shape index (κ3) is 3.44. The number of aromatic amines is 1. The molecule has 1 amide bonds. The molecule has 0 fully saturated rings. The number of aromatic nitrogens is 3. The van der Waals surface area contributed by atoms with Crippen molar-refractivity contribution in [1.29, 1.82) is 0 Å². The summed E-state index contributed by atoms with van der Waals surface area (Å²) in [7, 11) is 0. The van der Waals surface area contributed by atoms with Crippen molar-refractivity contribution < 1.29 is 4.79 Å². The summed E-state index contributed by atoms with van der Waals surface area (Å²) in [6.45, 7) is 5.43. The van der Waals surface area contributed by atoms with E-state index in [4.69, 9.17) is 4.98 Å². The second kappa shape index (κ2) is 7.54. The number of amides is 1. The van der Waals surface area contributed by atoms with Crippen molar-refractivity contribution in [1.82, 2.24) is 20.1 Å². The van der Waals surface area contributed by atoms with E-state index >= 15 is 0 Å². The molecule has 2 aromatic heterocycles. The number of fused-ring (bicyclic) bond motifs is 1. The SMILES string of the molecule is Cc1cccc(-c2nc(C)c(-c3cc(C(=O)N4CCc5ccccc5C4)n[nH]3)s2)c1. The van der Waals surface area contributed by atoms with Crippen LogP contribution in [0.25, 0.3) is 21.1 Å². The summed E-state index contributed by atoms with van der Waals surface area (Å²) in [4.78, 5) is 20.7. The number of benzene rings is 2. The molecule has 0 aliphatic carbocycles. The Morgan fingerprint density at radius 3 is 2.73 bits per heavy atom. The molecule has 0 unspecified atom stereocenters. The van der Waals surface area contributed by atoms with Gasteiger partial charge in [0.25, 0.3) is 5.91 Å². The lowest BCUT2D eigenvalue weighted by Gasteiger charge is -2.28. The second-order valence-corrected chi connectivity index (χ2v) is 8.71. The van der Waals surface area contributed by atoms with E-state index in [0.717, 1.165) is 39.8 Å². The van der Waals surface area contributed by atoms with E-state index in [-0.39, 0.29) is 5.91 Å². The molecule has 3 heterocycles. The first-order valence-corrected chi connectivity index (χ1v) is 10.9. The van der Waals surface area contributed by atoms with Gasteiger partial charge in [0.2, 0.25) is 0 Å². The molecule has 30 heavy (non-hydrogen) atoms. The molecular weight excluding hydrogens is 392 g/mol. The molecule has 0 saturated carbocycles. The Labute approximate surface area is 179 Å². The van der Waals surface area contributed by atoms with Crippen molar-refractivity contribution in [2.75, 3.05) is 6.54 Å². The fourth-order valence-corrected chi connectivity index (χ4v) is 4.96. The summed E-state index contributed by atoms with van der Waals surface area (Å²) < 4.78 is 0. The normalized spacial score (nSPS) is 13.3. The van der Waals surface area contributed by atoms with Crippen LogP contribution < -0.4 is 0 Å². The van der Waals surface area contributed by atoms with Gasteiger partial charge in [-0.3, -0.25) is 9.89 Å². The van der Waals surface area contributed by atoms with Gasteiger partial charge in [-0.2, -0.15) is 5.10 Å². The zero-order valence-electron chi connectivity index (χ0n) is 17.0. The van der Waals surface area contributed by atoms with Gasteiger partial charge in [-0.1, -0.05) is 48.0 Å². The summed E-state index contributed by atoms with van der Waals surface area (Å²) in [5.74, 6) is -0.0342. The molecule has 0 saturated heterocycles. The predicted octanol–water partition coefficient (Wildman–Crippen LogP) is 5.02. The summed E-state index contributed by atoms with van der Waals surface area (Å²) >= 11 is 1.62. The van der Waals surface area contributed by atoms with Gasteiger partial charge in [0, 0.05) is 18.7 Å². The van der Waals surface area contributed by atoms with Crippen LogP contribution in [0.2, 0.25) is 0 Å². The third-order valence-corrected chi connectivity index (χ3v) is 6.76. The zero-order valence-corrected chi connectivity index (χ0v) is 17.8. The van der Waals surface area contributed by atoms with Crippen molar-refractivity contribution in [2.24, 2.45) is 0 Å². The minimum Gasteiger partial charge on any atom is -0.333 e. The van der Waals surface area contributed by atoms with Gasteiger partial charge >= 0.3 is 0 Å². The van der Waals surface area contributed by atoms with E-state index in [9.17, 15) is 4.79 Å². The van der Waals surface area contributed by atoms with Gasteiger partial charge in [-0.05, 0) is 43.5 Å². The molecule has 1 N–H and O–H groups in total. The quantitative estimate of drug-likeness (QED) is 0.512. The molecule has 5 nitrogen and oxygen atoms in total. The Bertz CT molecular complexity index is 1240. The van der Waals surface area contributed by atoms with Crippen LogP contribution in [0, 0.1) is 13.8 Å². The molecule has 4 aromatic rings.